The number of amides is 1. The number of nitrogens with one attached hydrogen (secondary N) is 1. The molecule has 1 aliphatic carbocycles. The summed E-state index contributed by atoms with van der Waals surface area (Å²) in [5.74, 6) is 1.13. The number of likely N-dealkylation sites (tertiary alicyclic amines) is 1. The zero-order chi connectivity index (χ0) is 19.4. The molecule has 3 N–H and O–H groups in total. The van der Waals surface area contributed by atoms with Crippen LogP contribution in [0.3, 0.4) is 0 Å². The third-order valence-electron chi connectivity index (χ3n) is 5.82. The highest BCUT2D eigenvalue weighted by atomic mass is 16.5. The number of ether oxygens (including phenoxy) is 1. The summed E-state index contributed by atoms with van der Waals surface area (Å²) >= 11 is 0. The first kappa shape index (κ1) is 20.0. The molecule has 7 heteroatoms. The van der Waals surface area contributed by atoms with Crippen LogP contribution < -0.4 is 11.3 Å². The van der Waals surface area contributed by atoms with Crippen LogP contribution in [0, 0.1) is 12.8 Å². The Bertz CT molecular complexity index is 697. The highest BCUT2D eigenvalue weighted by Crippen LogP contribution is 2.31. The minimum atomic E-state index is -0.105. The zero-order valence-electron chi connectivity index (χ0n) is 16.4. The van der Waals surface area contributed by atoms with E-state index in [-0.39, 0.29) is 35.4 Å². The predicted octanol–water partition coefficient (Wildman–Crippen LogP) is 1.71. The van der Waals surface area contributed by atoms with E-state index < -0.39 is 0 Å². The summed E-state index contributed by atoms with van der Waals surface area (Å²) in [5.41, 5.74) is 7.01. The molecule has 0 aromatic carbocycles. The maximum Gasteiger partial charge on any atom is 0.251 e. The molecule has 3 rings (SSSR count). The van der Waals surface area contributed by atoms with Gasteiger partial charge < -0.3 is 20.4 Å². The molecule has 0 bridgehead atoms. The molecule has 1 aromatic rings. The number of hydrogen-bond donors (Lipinski definition) is 2. The predicted molar refractivity (Wildman–Crippen MR) is 103 cm³/mol. The van der Waals surface area contributed by atoms with E-state index >= 15 is 0 Å². The molecule has 7 nitrogen and oxygen atoms in total. The summed E-state index contributed by atoms with van der Waals surface area (Å²) in [6, 6.07) is 1.53. The Morgan fingerprint density at radius 3 is 2.70 bits per heavy atom. The molecule has 1 aliphatic heterocycles. The van der Waals surface area contributed by atoms with Crippen LogP contribution in [0.2, 0.25) is 0 Å². The number of rotatable bonds is 5. The minimum Gasteiger partial charge on any atom is -0.377 e. The van der Waals surface area contributed by atoms with Gasteiger partial charge in [0.25, 0.3) is 5.56 Å². The molecule has 2 aliphatic rings. The first-order chi connectivity index (χ1) is 13.0. The maximum absolute atomic E-state index is 12.9. The fraction of sp³-hybridized carbons (Fsp3) is 0.750. The number of carbonyl (C=O) groups is 1. The van der Waals surface area contributed by atoms with E-state index in [1.54, 1.807) is 13.0 Å². The normalized spacial score (nSPS) is 26.9. The van der Waals surface area contributed by atoms with Crippen LogP contribution in [0.4, 0.5) is 0 Å². The molecule has 1 saturated carbocycles. The number of piperidine rings is 1. The Morgan fingerprint density at radius 1 is 1.33 bits per heavy atom. The number of aromatic nitrogens is 2. The molecule has 0 spiro atoms. The monoisotopic (exact) mass is 376 g/mol. The Hall–Kier alpha value is -1.73. The quantitative estimate of drug-likeness (QED) is 0.815. The topological polar surface area (TPSA) is 101 Å². The van der Waals surface area contributed by atoms with E-state index in [1.165, 1.54) is 0 Å². The molecular weight excluding hydrogens is 344 g/mol. The van der Waals surface area contributed by atoms with Gasteiger partial charge in [0.15, 0.2) is 0 Å². The van der Waals surface area contributed by atoms with Crippen LogP contribution in [-0.4, -0.2) is 52.6 Å². The van der Waals surface area contributed by atoms with Gasteiger partial charge >= 0.3 is 0 Å². The van der Waals surface area contributed by atoms with E-state index in [9.17, 15) is 9.59 Å². The molecule has 0 radical (unpaired) electrons. The van der Waals surface area contributed by atoms with Crippen molar-refractivity contribution < 1.29 is 9.53 Å². The molecule has 1 amide bonds. The van der Waals surface area contributed by atoms with Crippen LogP contribution in [0.15, 0.2) is 10.9 Å². The van der Waals surface area contributed by atoms with Gasteiger partial charge in [0.2, 0.25) is 5.91 Å². The first-order valence-electron chi connectivity index (χ1n) is 10.2. The van der Waals surface area contributed by atoms with Gasteiger partial charge in [0.05, 0.1) is 11.8 Å². The van der Waals surface area contributed by atoms with Gasteiger partial charge in [-0.3, -0.25) is 9.59 Å². The number of aromatic amines is 1. The van der Waals surface area contributed by atoms with Gasteiger partial charge in [-0.2, -0.15) is 0 Å². The molecule has 1 aromatic heterocycles. The number of carbonyl (C=O) groups excluding carboxylic acids is 1. The lowest BCUT2D eigenvalue weighted by molar-refractivity contribution is -0.139. The van der Waals surface area contributed by atoms with Gasteiger partial charge in [0.1, 0.15) is 5.82 Å². The van der Waals surface area contributed by atoms with Crippen molar-refractivity contribution in [1.29, 1.82) is 0 Å². The number of nitrogens with zero attached hydrogens (tertiary/aromatic N) is 2. The summed E-state index contributed by atoms with van der Waals surface area (Å²) in [5, 5.41) is 0. The Labute approximate surface area is 160 Å². The average molecular weight is 377 g/mol. The second kappa shape index (κ2) is 8.97. The van der Waals surface area contributed by atoms with Crippen molar-refractivity contribution in [2.45, 2.75) is 70.4 Å². The van der Waals surface area contributed by atoms with Crippen molar-refractivity contribution in [1.82, 2.24) is 14.9 Å². The highest BCUT2D eigenvalue weighted by Gasteiger charge is 2.35. The van der Waals surface area contributed by atoms with Crippen molar-refractivity contribution in [2.24, 2.45) is 11.7 Å². The number of nitrogens with two attached hydrogens (primary N) is 1. The van der Waals surface area contributed by atoms with Gasteiger partial charge in [0, 0.05) is 43.6 Å². The number of hydrogen-bond acceptors (Lipinski definition) is 5. The van der Waals surface area contributed by atoms with Crippen LogP contribution in [-0.2, 0) is 9.53 Å². The molecule has 0 unspecified atom stereocenters. The lowest BCUT2D eigenvalue weighted by atomic mass is 9.82. The van der Waals surface area contributed by atoms with Gasteiger partial charge in [-0.1, -0.05) is 6.92 Å². The number of H-pyrrole nitrogens is 1. The van der Waals surface area contributed by atoms with E-state index in [0.717, 1.165) is 57.5 Å². The van der Waals surface area contributed by atoms with Crippen LogP contribution in [0.1, 0.15) is 62.9 Å². The van der Waals surface area contributed by atoms with E-state index in [0.29, 0.717) is 12.2 Å². The molecule has 2 fully saturated rings. The summed E-state index contributed by atoms with van der Waals surface area (Å²) in [4.78, 5) is 33.7. The summed E-state index contributed by atoms with van der Waals surface area (Å²) in [6.45, 7) is 6.07. The van der Waals surface area contributed by atoms with Crippen molar-refractivity contribution >= 4 is 5.91 Å². The van der Waals surface area contributed by atoms with Crippen LogP contribution >= 0.6 is 0 Å². The molecular formula is C20H32N4O3. The third kappa shape index (κ3) is 4.96. The lowest BCUT2D eigenvalue weighted by Gasteiger charge is -2.38. The highest BCUT2D eigenvalue weighted by molar-refractivity contribution is 5.79. The van der Waals surface area contributed by atoms with Crippen molar-refractivity contribution in [3.8, 4) is 0 Å². The van der Waals surface area contributed by atoms with E-state index in [2.05, 4.69) is 16.9 Å². The Kier molecular flexibility index (Phi) is 6.65. The molecule has 2 heterocycles. The second-order valence-electron chi connectivity index (χ2n) is 7.94. The first-order valence-corrected chi connectivity index (χ1v) is 10.2. The fourth-order valence-corrected chi connectivity index (χ4v) is 4.34. The molecule has 150 valence electrons. The standard InChI is InChI=1S/C20H32N4O3/c1-3-10-27-18-5-4-15(11-16(18)21)20(26)24-8-6-14(7-9-24)17-12-19(25)23-13(2)22-17/h12,14-16,18H,3-11,21H2,1-2H3,(H,22,23,25)/t15-,16+,18+/m0/s1. The minimum absolute atomic E-state index is 0.0120. The summed E-state index contributed by atoms with van der Waals surface area (Å²) in [7, 11) is 0. The average Bonchev–Trinajstić information content (AvgIpc) is 2.66. The van der Waals surface area contributed by atoms with E-state index in [4.69, 9.17) is 10.5 Å². The van der Waals surface area contributed by atoms with Crippen LogP contribution in [0.5, 0.6) is 0 Å². The van der Waals surface area contributed by atoms with Crippen molar-refractivity contribution in [3.63, 3.8) is 0 Å². The van der Waals surface area contributed by atoms with Crippen molar-refractivity contribution in [3.05, 3.63) is 27.9 Å². The smallest absolute Gasteiger partial charge is 0.251 e. The molecule has 1 saturated heterocycles. The molecule has 27 heavy (non-hydrogen) atoms. The second-order valence-corrected chi connectivity index (χ2v) is 7.94. The van der Waals surface area contributed by atoms with Gasteiger partial charge in [-0.25, -0.2) is 4.98 Å². The van der Waals surface area contributed by atoms with Gasteiger partial charge in [-0.05, 0) is 45.4 Å². The number of aryl methyl sites for hydroxylation is 1. The van der Waals surface area contributed by atoms with Gasteiger partial charge in [-0.15, -0.1) is 0 Å². The Balaban J connectivity index is 1.52. The van der Waals surface area contributed by atoms with Crippen molar-refractivity contribution in [2.75, 3.05) is 19.7 Å². The zero-order valence-corrected chi connectivity index (χ0v) is 16.4. The SMILES string of the molecule is CCCO[C@@H]1CC[C@H](C(=O)N2CCC(c3cc(=O)[nH]c(C)n3)CC2)C[C@H]1N. The lowest BCUT2D eigenvalue weighted by Crippen LogP contribution is -2.48. The summed E-state index contributed by atoms with van der Waals surface area (Å²) in [6.07, 6.45) is 5.21. The maximum atomic E-state index is 12.9. The Morgan fingerprint density at radius 2 is 2.07 bits per heavy atom. The van der Waals surface area contributed by atoms with E-state index in [1.807, 2.05) is 4.90 Å². The fourth-order valence-electron chi connectivity index (χ4n) is 4.34. The largest absolute Gasteiger partial charge is 0.377 e. The summed E-state index contributed by atoms with van der Waals surface area (Å²) < 4.78 is 5.82. The van der Waals surface area contributed by atoms with Crippen LogP contribution in [0.25, 0.3) is 0 Å². The molecule has 3 atom stereocenters. The third-order valence-corrected chi connectivity index (χ3v) is 5.82.